The highest BCUT2D eigenvalue weighted by Crippen LogP contribution is 2.32. The Morgan fingerprint density at radius 3 is 2.54 bits per heavy atom. The maximum absolute atomic E-state index is 13.2. The minimum absolute atomic E-state index is 0.131. The molecule has 1 saturated heterocycles. The number of carbonyl (C=O) groups excluding carboxylic acids is 1. The number of aromatic nitrogens is 1. The van der Waals surface area contributed by atoms with Gasteiger partial charge in [-0.1, -0.05) is 11.6 Å². The fourth-order valence-corrected chi connectivity index (χ4v) is 5.14. The fourth-order valence-electron chi connectivity index (χ4n) is 3.04. The van der Waals surface area contributed by atoms with E-state index in [-0.39, 0.29) is 35.9 Å². The molecule has 2 aromatic rings. The van der Waals surface area contributed by atoms with Crippen molar-refractivity contribution in [1.29, 1.82) is 0 Å². The van der Waals surface area contributed by atoms with Crippen LogP contribution in [0.1, 0.15) is 24.3 Å². The molecule has 1 fully saturated rings. The number of primary amides is 1. The number of sulfonamides is 1. The van der Waals surface area contributed by atoms with Gasteiger partial charge in [-0.25, -0.2) is 8.42 Å². The van der Waals surface area contributed by atoms with E-state index in [1.54, 1.807) is 26.0 Å². The van der Waals surface area contributed by atoms with Crippen LogP contribution in [0.25, 0.3) is 10.9 Å². The fraction of sp³-hybridized carbons (Fsp3) is 0.400. The number of nitrogens with one attached hydrogen (secondary N) is 1. The molecule has 0 radical (unpaired) electrons. The van der Waals surface area contributed by atoms with Gasteiger partial charge < -0.3 is 15.5 Å². The first kappa shape index (κ1) is 17.2. The third kappa shape index (κ3) is 2.90. The topological polar surface area (TPSA) is 105 Å². The molecule has 2 atom stereocenters. The summed E-state index contributed by atoms with van der Waals surface area (Å²) in [6, 6.07) is 4.74. The molecular weight excluding hydrogens is 354 g/mol. The second-order valence-electron chi connectivity index (χ2n) is 5.96. The Labute approximate surface area is 144 Å². The van der Waals surface area contributed by atoms with E-state index < -0.39 is 15.9 Å². The molecule has 1 aromatic heterocycles. The number of rotatable bonds is 3. The maximum Gasteiger partial charge on any atom is 0.266 e. The molecule has 9 heteroatoms. The van der Waals surface area contributed by atoms with Gasteiger partial charge in [0.1, 0.15) is 10.6 Å². The summed E-state index contributed by atoms with van der Waals surface area (Å²) in [5.41, 5.74) is 5.73. The number of halogens is 1. The Kier molecular flexibility index (Phi) is 4.33. The lowest BCUT2D eigenvalue weighted by molar-refractivity contribution is -0.0440. The monoisotopic (exact) mass is 371 g/mol. The number of hydrogen-bond acceptors (Lipinski definition) is 4. The average Bonchev–Trinajstić information content (AvgIpc) is 2.85. The first-order chi connectivity index (χ1) is 11.2. The number of benzene rings is 1. The van der Waals surface area contributed by atoms with Crippen LogP contribution in [0.4, 0.5) is 0 Å². The van der Waals surface area contributed by atoms with Gasteiger partial charge in [-0.3, -0.25) is 4.79 Å². The van der Waals surface area contributed by atoms with Gasteiger partial charge in [0.2, 0.25) is 10.0 Å². The molecular formula is C15H18ClN3O4S. The number of amides is 1. The maximum atomic E-state index is 13.2. The predicted molar refractivity (Wildman–Crippen MR) is 90.6 cm³/mol. The van der Waals surface area contributed by atoms with Crippen molar-refractivity contribution < 1.29 is 17.9 Å². The van der Waals surface area contributed by atoms with Gasteiger partial charge >= 0.3 is 0 Å². The molecule has 1 amide bonds. The summed E-state index contributed by atoms with van der Waals surface area (Å²) < 4.78 is 33.3. The zero-order valence-corrected chi connectivity index (χ0v) is 14.8. The molecule has 0 bridgehead atoms. The Bertz CT molecular complexity index is 899. The minimum Gasteiger partial charge on any atom is -0.373 e. The van der Waals surface area contributed by atoms with Crippen molar-refractivity contribution >= 4 is 38.4 Å². The molecule has 0 spiro atoms. The molecule has 0 unspecified atom stereocenters. The zero-order chi connectivity index (χ0) is 17.6. The normalized spacial score (nSPS) is 22.8. The van der Waals surface area contributed by atoms with E-state index in [1.807, 2.05) is 0 Å². The second-order valence-corrected chi connectivity index (χ2v) is 8.27. The average molecular weight is 372 g/mol. The highest BCUT2D eigenvalue weighted by Gasteiger charge is 2.36. The molecule has 0 aliphatic carbocycles. The molecule has 0 saturated carbocycles. The molecule has 1 aliphatic rings. The number of nitrogens with zero attached hydrogens (tertiary/aromatic N) is 1. The van der Waals surface area contributed by atoms with Crippen LogP contribution in [0, 0.1) is 0 Å². The van der Waals surface area contributed by atoms with Crippen LogP contribution in [0.15, 0.2) is 23.1 Å². The van der Waals surface area contributed by atoms with Crippen LogP contribution < -0.4 is 5.73 Å². The third-order valence-electron chi connectivity index (χ3n) is 3.94. The Hall–Kier alpha value is -1.61. The van der Waals surface area contributed by atoms with Gasteiger partial charge in [-0.15, -0.1) is 0 Å². The van der Waals surface area contributed by atoms with E-state index in [1.165, 1.54) is 10.4 Å². The quantitative estimate of drug-likeness (QED) is 0.856. The standard InChI is InChI=1S/C15H18ClN3O4S/c1-8-6-19(7-9(2)23-8)24(21,22)14-11-5-10(16)3-4-12(11)18-13(14)15(17)20/h3-5,8-9,18H,6-7H2,1-2H3,(H2,17,20)/t8-,9+. The first-order valence-corrected chi connectivity index (χ1v) is 9.28. The Morgan fingerprint density at radius 1 is 1.33 bits per heavy atom. The zero-order valence-electron chi connectivity index (χ0n) is 13.2. The van der Waals surface area contributed by atoms with Crippen LogP contribution in [0.5, 0.6) is 0 Å². The number of fused-ring (bicyclic) bond motifs is 1. The van der Waals surface area contributed by atoms with Crippen molar-refractivity contribution in [3.63, 3.8) is 0 Å². The van der Waals surface area contributed by atoms with Crippen LogP contribution in [0.3, 0.4) is 0 Å². The second kappa shape index (κ2) is 6.03. The lowest BCUT2D eigenvalue weighted by atomic mass is 10.2. The van der Waals surface area contributed by atoms with Crippen molar-refractivity contribution in [3.8, 4) is 0 Å². The molecule has 1 aromatic carbocycles. The molecule has 2 heterocycles. The third-order valence-corrected chi connectivity index (χ3v) is 6.10. The number of aromatic amines is 1. The minimum atomic E-state index is -3.94. The molecule has 3 N–H and O–H groups in total. The number of morpholine rings is 1. The van der Waals surface area contributed by atoms with E-state index >= 15 is 0 Å². The highest BCUT2D eigenvalue weighted by atomic mass is 35.5. The molecule has 1 aliphatic heterocycles. The summed E-state index contributed by atoms with van der Waals surface area (Å²) in [7, 11) is -3.94. The van der Waals surface area contributed by atoms with Gasteiger partial charge in [0.15, 0.2) is 0 Å². The highest BCUT2D eigenvalue weighted by molar-refractivity contribution is 7.89. The summed E-state index contributed by atoms with van der Waals surface area (Å²) in [5, 5.41) is 0.723. The first-order valence-electron chi connectivity index (χ1n) is 7.46. The molecule has 130 valence electrons. The number of carbonyl (C=O) groups is 1. The smallest absolute Gasteiger partial charge is 0.266 e. The Morgan fingerprint density at radius 2 is 1.96 bits per heavy atom. The summed E-state index contributed by atoms with van der Waals surface area (Å²) in [5.74, 6) is -0.838. The van der Waals surface area contributed by atoms with Crippen molar-refractivity contribution in [3.05, 3.63) is 28.9 Å². The van der Waals surface area contributed by atoms with Crippen LogP contribution in [-0.2, 0) is 14.8 Å². The SMILES string of the molecule is C[C@@H]1CN(S(=O)(=O)c2c(C(N)=O)[nH]c3ccc(Cl)cc23)C[C@H](C)O1. The lowest BCUT2D eigenvalue weighted by Gasteiger charge is -2.34. The van der Waals surface area contributed by atoms with Crippen molar-refractivity contribution in [2.45, 2.75) is 31.0 Å². The van der Waals surface area contributed by atoms with Crippen LogP contribution in [-0.4, -0.2) is 48.9 Å². The summed E-state index contributed by atoms with van der Waals surface area (Å²) in [6.07, 6.45) is -0.483. The van der Waals surface area contributed by atoms with Gasteiger partial charge in [-0.2, -0.15) is 4.31 Å². The van der Waals surface area contributed by atoms with Crippen LogP contribution >= 0.6 is 11.6 Å². The van der Waals surface area contributed by atoms with Gasteiger partial charge in [0.25, 0.3) is 5.91 Å². The molecule has 24 heavy (non-hydrogen) atoms. The molecule has 7 nitrogen and oxygen atoms in total. The number of nitrogens with two attached hydrogens (primary N) is 1. The summed E-state index contributed by atoms with van der Waals surface area (Å²) in [4.78, 5) is 14.4. The van der Waals surface area contributed by atoms with E-state index in [0.29, 0.717) is 15.9 Å². The van der Waals surface area contributed by atoms with Crippen molar-refractivity contribution in [2.75, 3.05) is 13.1 Å². The van der Waals surface area contributed by atoms with E-state index in [9.17, 15) is 13.2 Å². The van der Waals surface area contributed by atoms with Gasteiger partial charge in [0, 0.05) is 29.0 Å². The number of ether oxygens (including phenoxy) is 1. The van der Waals surface area contributed by atoms with Gasteiger partial charge in [0.05, 0.1) is 12.2 Å². The largest absolute Gasteiger partial charge is 0.373 e. The summed E-state index contributed by atoms with van der Waals surface area (Å²) in [6.45, 7) is 4.02. The van der Waals surface area contributed by atoms with E-state index in [2.05, 4.69) is 4.98 Å². The van der Waals surface area contributed by atoms with Crippen molar-refractivity contribution in [1.82, 2.24) is 9.29 Å². The molecule has 3 rings (SSSR count). The number of H-pyrrole nitrogens is 1. The predicted octanol–water partition coefficient (Wildman–Crippen LogP) is 1.72. The van der Waals surface area contributed by atoms with E-state index in [0.717, 1.165) is 0 Å². The van der Waals surface area contributed by atoms with Gasteiger partial charge in [-0.05, 0) is 32.0 Å². The Balaban J connectivity index is 2.21. The van der Waals surface area contributed by atoms with Crippen LogP contribution in [0.2, 0.25) is 5.02 Å². The number of hydrogen-bond donors (Lipinski definition) is 2. The van der Waals surface area contributed by atoms with E-state index in [4.69, 9.17) is 22.1 Å². The lowest BCUT2D eigenvalue weighted by Crippen LogP contribution is -2.48. The summed E-state index contributed by atoms with van der Waals surface area (Å²) >= 11 is 6.00. The van der Waals surface area contributed by atoms with Crippen molar-refractivity contribution in [2.24, 2.45) is 5.73 Å².